The fourth-order valence-corrected chi connectivity index (χ4v) is 2.75. The maximum atomic E-state index is 5.25. The van der Waals surface area contributed by atoms with E-state index in [-0.39, 0.29) is 0 Å². The molecule has 0 unspecified atom stereocenters. The molecule has 0 radical (unpaired) electrons. The van der Waals surface area contributed by atoms with Crippen LogP contribution in [0, 0.1) is 6.92 Å². The van der Waals surface area contributed by atoms with Gasteiger partial charge in [0.15, 0.2) is 0 Å². The number of rotatable bonds is 4. The van der Waals surface area contributed by atoms with Gasteiger partial charge in [0, 0.05) is 19.3 Å². The molecular formula is C16H18BrNO. The average molecular weight is 320 g/mol. The van der Waals surface area contributed by atoms with Crippen molar-refractivity contribution in [2.75, 3.05) is 19.1 Å². The molecule has 0 bridgehead atoms. The van der Waals surface area contributed by atoms with Gasteiger partial charge in [0.05, 0.1) is 11.6 Å². The van der Waals surface area contributed by atoms with Gasteiger partial charge in [0.1, 0.15) is 5.75 Å². The molecule has 3 heteroatoms. The van der Waals surface area contributed by atoms with Crippen LogP contribution in [0.25, 0.3) is 0 Å². The normalized spacial score (nSPS) is 10.3. The number of aryl methyl sites for hydroxylation is 1. The number of hydrogen-bond donors (Lipinski definition) is 0. The fraction of sp³-hybridized carbons (Fsp3) is 0.250. The zero-order valence-electron chi connectivity index (χ0n) is 11.5. The molecule has 2 aromatic rings. The van der Waals surface area contributed by atoms with Crippen molar-refractivity contribution < 1.29 is 4.74 Å². The Kier molecular flexibility index (Phi) is 4.48. The molecule has 0 N–H and O–H groups in total. The first-order chi connectivity index (χ1) is 9.11. The molecule has 2 nitrogen and oxygen atoms in total. The highest BCUT2D eigenvalue weighted by molar-refractivity contribution is 9.10. The predicted octanol–water partition coefficient (Wildman–Crippen LogP) is 4.40. The van der Waals surface area contributed by atoms with Crippen molar-refractivity contribution in [1.82, 2.24) is 0 Å². The van der Waals surface area contributed by atoms with Crippen LogP contribution in [0.4, 0.5) is 5.69 Å². The van der Waals surface area contributed by atoms with Crippen molar-refractivity contribution in [2.45, 2.75) is 13.5 Å². The second-order valence-electron chi connectivity index (χ2n) is 4.61. The lowest BCUT2D eigenvalue weighted by Gasteiger charge is -2.21. The Morgan fingerprint density at radius 2 is 1.89 bits per heavy atom. The summed E-state index contributed by atoms with van der Waals surface area (Å²) in [6.07, 6.45) is 0. The van der Waals surface area contributed by atoms with Crippen molar-refractivity contribution in [3.63, 3.8) is 0 Å². The zero-order chi connectivity index (χ0) is 13.8. The number of halogens is 1. The average Bonchev–Trinajstić information content (AvgIpc) is 2.39. The first-order valence-electron chi connectivity index (χ1n) is 6.21. The number of nitrogens with zero attached hydrogens (tertiary/aromatic N) is 1. The van der Waals surface area contributed by atoms with E-state index in [2.05, 4.69) is 71.2 Å². The number of anilines is 1. The molecule has 0 saturated heterocycles. The molecule has 100 valence electrons. The molecule has 0 heterocycles. The van der Waals surface area contributed by atoms with Crippen molar-refractivity contribution in [1.29, 1.82) is 0 Å². The lowest BCUT2D eigenvalue weighted by Crippen LogP contribution is -2.17. The van der Waals surface area contributed by atoms with Gasteiger partial charge in [-0.2, -0.15) is 0 Å². The standard InChI is InChI=1S/C16H18BrNO/c1-12-6-4-5-7-15(12)18(2)11-13-8-9-16(19-3)14(17)10-13/h4-10H,11H2,1-3H3. The van der Waals surface area contributed by atoms with Crippen LogP contribution in [-0.2, 0) is 6.54 Å². The molecule has 0 aromatic heterocycles. The van der Waals surface area contributed by atoms with Gasteiger partial charge in [-0.25, -0.2) is 0 Å². The van der Waals surface area contributed by atoms with E-state index in [1.165, 1.54) is 16.8 Å². The van der Waals surface area contributed by atoms with Crippen molar-refractivity contribution in [2.24, 2.45) is 0 Å². The Balaban J connectivity index is 2.17. The Morgan fingerprint density at radius 1 is 1.16 bits per heavy atom. The lowest BCUT2D eigenvalue weighted by molar-refractivity contribution is 0.412. The van der Waals surface area contributed by atoms with Crippen molar-refractivity contribution in [3.8, 4) is 5.75 Å². The Labute approximate surface area is 123 Å². The number of para-hydroxylation sites is 1. The minimum Gasteiger partial charge on any atom is -0.496 e. The maximum absolute atomic E-state index is 5.25. The van der Waals surface area contributed by atoms with Gasteiger partial charge in [0.2, 0.25) is 0 Å². The van der Waals surface area contributed by atoms with E-state index in [0.29, 0.717) is 0 Å². The van der Waals surface area contributed by atoms with Crippen LogP contribution in [0.3, 0.4) is 0 Å². The summed E-state index contributed by atoms with van der Waals surface area (Å²) in [5.74, 6) is 0.863. The molecule has 0 atom stereocenters. The van der Waals surface area contributed by atoms with E-state index in [0.717, 1.165) is 16.8 Å². The van der Waals surface area contributed by atoms with Gasteiger partial charge in [-0.15, -0.1) is 0 Å². The number of benzene rings is 2. The molecule has 0 saturated carbocycles. The highest BCUT2D eigenvalue weighted by atomic mass is 79.9. The Hall–Kier alpha value is -1.48. The van der Waals surface area contributed by atoms with Gasteiger partial charge in [-0.1, -0.05) is 24.3 Å². The second-order valence-corrected chi connectivity index (χ2v) is 5.47. The highest BCUT2D eigenvalue weighted by Crippen LogP contribution is 2.27. The monoisotopic (exact) mass is 319 g/mol. The van der Waals surface area contributed by atoms with Crippen LogP contribution in [0.5, 0.6) is 5.75 Å². The number of hydrogen-bond acceptors (Lipinski definition) is 2. The first-order valence-corrected chi connectivity index (χ1v) is 7.00. The van der Waals surface area contributed by atoms with E-state index in [4.69, 9.17) is 4.74 Å². The summed E-state index contributed by atoms with van der Waals surface area (Å²) in [6.45, 7) is 3.00. The quantitative estimate of drug-likeness (QED) is 0.828. The summed E-state index contributed by atoms with van der Waals surface area (Å²) in [5.41, 5.74) is 3.80. The maximum Gasteiger partial charge on any atom is 0.133 e. The van der Waals surface area contributed by atoms with Crippen molar-refractivity contribution in [3.05, 3.63) is 58.1 Å². The minimum absolute atomic E-state index is 0.863. The fourth-order valence-electron chi connectivity index (χ4n) is 2.16. The third kappa shape index (κ3) is 3.29. The highest BCUT2D eigenvalue weighted by Gasteiger charge is 2.06. The smallest absolute Gasteiger partial charge is 0.133 e. The molecular weight excluding hydrogens is 302 g/mol. The molecule has 2 rings (SSSR count). The zero-order valence-corrected chi connectivity index (χ0v) is 13.1. The van der Waals surface area contributed by atoms with E-state index in [1.54, 1.807) is 7.11 Å². The predicted molar refractivity (Wildman–Crippen MR) is 84.0 cm³/mol. The van der Waals surface area contributed by atoms with Gasteiger partial charge >= 0.3 is 0 Å². The molecule has 0 aliphatic carbocycles. The van der Waals surface area contributed by atoms with E-state index >= 15 is 0 Å². The topological polar surface area (TPSA) is 12.5 Å². The molecule has 2 aromatic carbocycles. The summed E-state index contributed by atoms with van der Waals surface area (Å²) in [7, 11) is 3.79. The molecule has 0 aliphatic heterocycles. The van der Waals surface area contributed by atoms with E-state index < -0.39 is 0 Å². The summed E-state index contributed by atoms with van der Waals surface area (Å²) in [5, 5.41) is 0. The number of ether oxygens (including phenoxy) is 1. The molecule has 19 heavy (non-hydrogen) atoms. The third-order valence-corrected chi connectivity index (χ3v) is 3.78. The lowest BCUT2D eigenvalue weighted by atomic mass is 10.1. The summed E-state index contributed by atoms with van der Waals surface area (Å²) >= 11 is 3.52. The Bertz CT molecular complexity index is 568. The van der Waals surface area contributed by atoms with Crippen molar-refractivity contribution >= 4 is 21.6 Å². The molecule has 0 aliphatic rings. The third-order valence-electron chi connectivity index (χ3n) is 3.16. The first kappa shape index (κ1) is 13.9. The van der Waals surface area contributed by atoms with Crippen LogP contribution >= 0.6 is 15.9 Å². The minimum atomic E-state index is 0.863. The summed E-state index contributed by atoms with van der Waals surface area (Å²) in [6, 6.07) is 14.6. The van der Waals surface area contributed by atoms with Crippen LogP contribution < -0.4 is 9.64 Å². The van der Waals surface area contributed by atoms with Crippen LogP contribution in [0.15, 0.2) is 46.9 Å². The molecule has 0 fully saturated rings. The van der Waals surface area contributed by atoms with Gasteiger partial charge < -0.3 is 9.64 Å². The van der Waals surface area contributed by atoms with Crippen LogP contribution in [-0.4, -0.2) is 14.2 Å². The Morgan fingerprint density at radius 3 is 2.53 bits per heavy atom. The van der Waals surface area contributed by atoms with Gasteiger partial charge in [-0.05, 0) is 52.2 Å². The largest absolute Gasteiger partial charge is 0.496 e. The van der Waals surface area contributed by atoms with Crippen LogP contribution in [0.1, 0.15) is 11.1 Å². The van der Waals surface area contributed by atoms with Crippen LogP contribution in [0.2, 0.25) is 0 Å². The van der Waals surface area contributed by atoms with Gasteiger partial charge in [-0.3, -0.25) is 0 Å². The molecule has 0 spiro atoms. The number of methoxy groups -OCH3 is 1. The summed E-state index contributed by atoms with van der Waals surface area (Å²) in [4.78, 5) is 2.25. The molecule has 0 amide bonds. The van der Waals surface area contributed by atoms with Gasteiger partial charge in [0.25, 0.3) is 0 Å². The summed E-state index contributed by atoms with van der Waals surface area (Å²) < 4.78 is 6.24. The van der Waals surface area contributed by atoms with E-state index in [9.17, 15) is 0 Å². The SMILES string of the molecule is COc1ccc(CN(C)c2ccccc2C)cc1Br. The van der Waals surface area contributed by atoms with E-state index in [1.807, 2.05) is 6.07 Å². The second kappa shape index (κ2) is 6.11.